The van der Waals surface area contributed by atoms with Gasteiger partial charge in [0.25, 0.3) is 5.91 Å². The van der Waals surface area contributed by atoms with Crippen molar-refractivity contribution in [1.29, 1.82) is 5.26 Å². The summed E-state index contributed by atoms with van der Waals surface area (Å²) in [5.74, 6) is 1.70. The van der Waals surface area contributed by atoms with E-state index in [1.807, 2.05) is 42.3 Å². The van der Waals surface area contributed by atoms with Gasteiger partial charge in [-0.3, -0.25) is 10.2 Å². The molecule has 12 heteroatoms. The van der Waals surface area contributed by atoms with Crippen LogP contribution in [0.15, 0.2) is 42.9 Å². The molecule has 2 unspecified atom stereocenters. The van der Waals surface area contributed by atoms with Crippen molar-refractivity contribution in [3.05, 3.63) is 59.5 Å². The largest absolute Gasteiger partial charge is 0.365 e. The Hall–Kier alpha value is -4.05. The summed E-state index contributed by atoms with van der Waals surface area (Å²) in [6.45, 7) is 4.88. The molecule has 0 aromatic carbocycles. The molecule has 2 fully saturated rings. The molecule has 0 bridgehead atoms. The van der Waals surface area contributed by atoms with Crippen LogP contribution in [-0.4, -0.2) is 63.7 Å². The Bertz CT molecular complexity index is 1300. The molecule has 3 aromatic heterocycles. The zero-order valence-corrected chi connectivity index (χ0v) is 21.0. The van der Waals surface area contributed by atoms with Crippen molar-refractivity contribution in [1.82, 2.24) is 35.9 Å². The van der Waals surface area contributed by atoms with Crippen LogP contribution < -0.4 is 26.4 Å². The molecular formula is C25H30N10O2. The van der Waals surface area contributed by atoms with E-state index in [0.717, 1.165) is 17.5 Å². The zero-order chi connectivity index (χ0) is 26.0. The van der Waals surface area contributed by atoms with Crippen LogP contribution in [0.2, 0.25) is 0 Å². The summed E-state index contributed by atoms with van der Waals surface area (Å²) in [4.78, 5) is 24.1. The van der Waals surface area contributed by atoms with Crippen molar-refractivity contribution in [2.45, 2.75) is 44.6 Å². The van der Waals surface area contributed by atoms with Gasteiger partial charge in [0.05, 0.1) is 24.8 Å². The van der Waals surface area contributed by atoms with Crippen molar-refractivity contribution in [3.63, 3.8) is 0 Å². The average Bonchev–Trinajstić information content (AvgIpc) is 3.55. The molecule has 192 valence electrons. The first-order chi connectivity index (χ1) is 17.9. The lowest BCUT2D eigenvalue weighted by Gasteiger charge is -2.48. The minimum atomic E-state index is -1.03. The average molecular weight is 503 g/mol. The Morgan fingerprint density at radius 3 is 2.81 bits per heavy atom. The minimum absolute atomic E-state index is 0.0334. The maximum absolute atomic E-state index is 13.1. The van der Waals surface area contributed by atoms with Crippen LogP contribution in [0.1, 0.15) is 30.0 Å². The number of aromatic nitrogens is 4. The number of carbonyl (C=O) groups excluding carboxylic acids is 1. The quantitative estimate of drug-likeness (QED) is 0.352. The molecule has 0 radical (unpaired) electrons. The second-order valence-corrected chi connectivity index (χ2v) is 9.47. The van der Waals surface area contributed by atoms with E-state index in [0.29, 0.717) is 35.6 Å². The van der Waals surface area contributed by atoms with E-state index < -0.39 is 5.60 Å². The first kappa shape index (κ1) is 24.6. The van der Waals surface area contributed by atoms with Crippen molar-refractivity contribution in [2.24, 2.45) is 0 Å². The van der Waals surface area contributed by atoms with E-state index in [2.05, 4.69) is 44.6 Å². The molecule has 1 amide bonds. The fraction of sp³-hybridized carbons (Fsp3) is 0.400. The Morgan fingerprint density at radius 1 is 1.35 bits per heavy atom. The van der Waals surface area contributed by atoms with Crippen LogP contribution in [0.4, 0.5) is 11.6 Å². The highest BCUT2D eigenvalue weighted by Gasteiger charge is 2.51. The van der Waals surface area contributed by atoms with E-state index >= 15 is 0 Å². The van der Waals surface area contributed by atoms with Gasteiger partial charge in [0, 0.05) is 38.3 Å². The van der Waals surface area contributed by atoms with Gasteiger partial charge in [-0.1, -0.05) is 6.07 Å². The predicted molar refractivity (Wildman–Crippen MR) is 137 cm³/mol. The minimum Gasteiger partial charge on any atom is -0.365 e. The molecule has 12 nitrogen and oxygen atoms in total. The third-order valence-corrected chi connectivity index (χ3v) is 6.72. The summed E-state index contributed by atoms with van der Waals surface area (Å²) < 4.78 is 7.34. The molecule has 2 aliphatic rings. The van der Waals surface area contributed by atoms with Gasteiger partial charge in [-0.15, -0.1) is 0 Å². The van der Waals surface area contributed by atoms with E-state index in [1.54, 1.807) is 17.1 Å². The van der Waals surface area contributed by atoms with Crippen LogP contribution in [0.25, 0.3) is 5.82 Å². The van der Waals surface area contributed by atoms with Gasteiger partial charge in [0.1, 0.15) is 17.7 Å². The van der Waals surface area contributed by atoms with Gasteiger partial charge in [-0.25, -0.2) is 20.1 Å². The van der Waals surface area contributed by atoms with Crippen LogP contribution >= 0.6 is 0 Å². The molecule has 0 spiro atoms. The molecule has 3 aromatic rings. The van der Waals surface area contributed by atoms with Crippen molar-refractivity contribution < 1.29 is 9.53 Å². The number of anilines is 2. The molecular weight excluding hydrogens is 472 g/mol. The number of methoxy groups -OCH3 is 1. The molecule has 0 aliphatic carbocycles. The molecule has 5 rings (SSSR count). The Morgan fingerprint density at radius 2 is 2.19 bits per heavy atom. The van der Waals surface area contributed by atoms with Crippen molar-refractivity contribution in [3.8, 4) is 11.9 Å². The van der Waals surface area contributed by atoms with Crippen LogP contribution in [0.5, 0.6) is 0 Å². The van der Waals surface area contributed by atoms with Gasteiger partial charge < -0.3 is 20.3 Å². The van der Waals surface area contributed by atoms with Gasteiger partial charge in [0.2, 0.25) is 0 Å². The third kappa shape index (κ3) is 4.97. The first-order valence-corrected chi connectivity index (χ1v) is 12.1. The SMILES string of the molecule is COC1(C(=O)NCc2ccc(-n3cccn3)nc2)CN(c2nc(NC3CC(C)NN3)cc(C)c2C#N)C1. The highest BCUT2D eigenvalue weighted by atomic mass is 16.5. The fourth-order valence-corrected chi connectivity index (χ4v) is 4.57. The Balaban J connectivity index is 1.24. The second kappa shape index (κ2) is 10.1. The summed E-state index contributed by atoms with van der Waals surface area (Å²) in [6.07, 6.45) is 6.15. The Labute approximate surface area is 215 Å². The first-order valence-electron chi connectivity index (χ1n) is 12.1. The maximum Gasteiger partial charge on any atom is 0.256 e. The number of pyridine rings is 2. The monoisotopic (exact) mass is 502 g/mol. The number of carbonyl (C=O) groups is 1. The molecule has 37 heavy (non-hydrogen) atoms. The summed E-state index contributed by atoms with van der Waals surface area (Å²) in [5, 5.41) is 20.3. The van der Waals surface area contributed by atoms with Crippen LogP contribution in [0, 0.1) is 18.3 Å². The lowest BCUT2D eigenvalue weighted by molar-refractivity contribution is -0.146. The summed E-state index contributed by atoms with van der Waals surface area (Å²) >= 11 is 0. The third-order valence-electron chi connectivity index (χ3n) is 6.72. The van der Waals surface area contributed by atoms with Gasteiger partial charge in [-0.2, -0.15) is 10.4 Å². The van der Waals surface area contributed by atoms with Crippen LogP contribution in [0.3, 0.4) is 0 Å². The topological polar surface area (TPSA) is 145 Å². The van der Waals surface area contributed by atoms with E-state index in [1.165, 1.54) is 7.11 Å². The van der Waals surface area contributed by atoms with E-state index in [-0.39, 0.29) is 25.2 Å². The summed E-state index contributed by atoms with van der Waals surface area (Å²) in [7, 11) is 1.53. The number of amides is 1. The summed E-state index contributed by atoms with van der Waals surface area (Å²) in [5.41, 5.74) is 7.51. The normalized spacial score (nSPS) is 20.2. The number of ether oxygens (including phenoxy) is 1. The maximum atomic E-state index is 13.1. The smallest absolute Gasteiger partial charge is 0.256 e. The lowest BCUT2D eigenvalue weighted by atomic mass is 9.91. The number of hydrogen-bond acceptors (Lipinski definition) is 10. The molecule has 0 saturated carbocycles. The highest BCUT2D eigenvalue weighted by molar-refractivity contribution is 5.89. The van der Waals surface area contributed by atoms with E-state index in [9.17, 15) is 10.1 Å². The van der Waals surface area contributed by atoms with Crippen LogP contribution in [-0.2, 0) is 16.1 Å². The van der Waals surface area contributed by atoms with E-state index in [4.69, 9.17) is 9.72 Å². The number of nitrogens with zero attached hydrogens (tertiary/aromatic N) is 6. The van der Waals surface area contributed by atoms with Gasteiger partial charge in [0.15, 0.2) is 11.4 Å². The zero-order valence-electron chi connectivity index (χ0n) is 21.0. The van der Waals surface area contributed by atoms with Gasteiger partial charge in [-0.05, 0) is 49.6 Å². The number of nitriles is 1. The molecule has 2 aliphatic heterocycles. The fourth-order valence-electron chi connectivity index (χ4n) is 4.57. The summed E-state index contributed by atoms with van der Waals surface area (Å²) in [6, 6.07) is 10.1. The number of aryl methyl sites for hydroxylation is 1. The number of hydrazine groups is 1. The van der Waals surface area contributed by atoms with Gasteiger partial charge >= 0.3 is 0 Å². The van der Waals surface area contributed by atoms with Crippen molar-refractivity contribution >= 4 is 17.5 Å². The second-order valence-electron chi connectivity index (χ2n) is 9.47. The molecule has 5 heterocycles. The van der Waals surface area contributed by atoms with Crippen molar-refractivity contribution in [2.75, 3.05) is 30.4 Å². The number of rotatable bonds is 8. The lowest BCUT2D eigenvalue weighted by Crippen LogP contribution is -2.70. The molecule has 2 saturated heterocycles. The standard InChI is InChI=1S/C25H30N10O2/c1-16-9-20(30-21-10-17(2)32-33-21)31-23(19(16)11-26)34-14-25(15-34,37-3)24(36)28-13-18-5-6-22(27-12-18)35-8-4-7-29-35/h4-9,12,17,21,32-33H,10,13-15H2,1-3H3,(H,28,36)(H,30,31). The Kier molecular flexibility index (Phi) is 6.75. The predicted octanol–water partition coefficient (Wildman–Crippen LogP) is 0.988. The molecule has 4 N–H and O–H groups in total. The highest BCUT2D eigenvalue weighted by Crippen LogP contribution is 2.34. The number of nitrogens with one attached hydrogen (secondary N) is 4. The number of hydrogen-bond donors (Lipinski definition) is 4. The molecule has 2 atom stereocenters.